The molecule has 2 aromatic carbocycles. The molecule has 0 aliphatic carbocycles. The Hall–Kier alpha value is -1.94. The Balaban J connectivity index is 1.60. The van der Waals surface area contributed by atoms with E-state index in [1.165, 1.54) is 12.1 Å². The number of carbonyl (C=O) groups is 1. The number of hydrogen-bond donors (Lipinski definition) is 2. The smallest absolute Gasteiger partial charge is 0.255 e. The monoisotopic (exact) mass is 496 g/mol. The summed E-state index contributed by atoms with van der Waals surface area (Å²) in [5, 5.41) is 2.77. The van der Waals surface area contributed by atoms with Crippen molar-refractivity contribution in [2.45, 2.75) is 37.2 Å². The van der Waals surface area contributed by atoms with Gasteiger partial charge in [0.1, 0.15) is 12.4 Å². The summed E-state index contributed by atoms with van der Waals surface area (Å²) >= 11 is 3.44. The quantitative estimate of drug-likeness (QED) is 0.548. The van der Waals surface area contributed by atoms with E-state index < -0.39 is 10.0 Å². The van der Waals surface area contributed by atoms with Crippen molar-refractivity contribution in [3.05, 3.63) is 52.5 Å². The number of halogens is 1. The lowest BCUT2D eigenvalue weighted by atomic mass is 10.2. The number of amides is 1. The second-order valence-corrected chi connectivity index (χ2v) is 9.59. The lowest BCUT2D eigenvalue weighted by molar-refractivity contribution is 0.0677. The van der Waals surface area contributed by atoms with E-state index >= 15 is 0 Å². The summed E-state index contributed by atoms with van der Waals surface area (Å²) in [7, 11) is -3.53. The highest BCUT2D eigenvalue weighted by Gasteiger charge is 2.17. The van der Waals surface area contributed by atoms with E-state index in [0.29, 0.717) is 41.0 Å². The van der Waals surface area contributed by atoms with Crippen LogP contribution < -0.4 is 14.8 Å². The first-order valence-corrected chi connectivity index (χ1v) is 12.1. The van der Waals surface area contributed by atoms with Gasteiger partial charge in [0.25, 0.3) is 5.91 Å². The minimum atomic E-state index is -3.53. The summed E-state index contributed by atoms with van der Waals surface area (Å²) in [5.41, 5.74) is 0.955. The van der Waals surface area contributed by atoms with Gasteiger partial charge in [-0.2, -0.15) is 0 Å². The molecule has 1 aliphatic heterocycles. The van der Waals surface area contributed by atoms with Gasteiger partial charge in [0.2, 0.25) is 10.0 Å². The van der Waals surface area contributed by atoms with Crippen LogP contribution in [-0.4, -0.2) is 40.2 Å². The number of rotatable bonds is 9. The van der Waals surface area contributed by atoms with Gasteiger partial charge in [-0.3, -0.25) is 4.79 Å². The zero-order valence-corrected chi connectivity index (χ0v) is 19.1. The van der Waals surface area contributed by atoms with Gasteiger partial charge < -0.3 is 14.8 Å². The van der Waals surface area contributed by atoms with Crippen LogP contribution in [0.4, 0.5) is 5.69 Å². The molecule has 0 saturated carbocycles. The number of nitrogens with one attached hydrogen (secondary N) is 2. The fourth-order valence-electron chi connectivity index (χ4n) is 2.96. The Bertz CT molecular complexity index is 973. The normalized spacial score (nSPS) is 16.4. The minimum absolute atomic E-state index is 0.115. The zero-order valence-electron chi connectivity index (χ0n) is 16.7. The molecule has 1 saturated heterocycles. The summed E-state index contributed by atoms with van der Waals surface area (Å²) in [5.74, 6) is 0.345. The standard InChI is InChI=1S/C21H25BrN2O5S/c1-2-11-23-30(26,27)18-8-6-16(7-9-18)24-21(25)15-5-10-20(19(22)13-15)29-14-17-4-3-12-28-17/h5-10,13,17,23H,2-4,11-12,14H2,1H3,(H,24,25). The molecule has 1 amide bonds. The molecule has 1 aliphatic rings. The first-order valence-electron chi connectivity index (χ1n) is 9.84. The lowest BCUT2D eigenvalue weighted by Crippen LogP contribution is -2.24. The maximum atomic E-state index is 12.5. The molecule has 7 nitrogen and oxygen atoms in total. The van der Waals surface area contributed by atoms with E-state index in [2.05, 4.69) is 26.0 Å². The predicted octanol–water partition coefficient (Wildman–Crippen LogP) is 3.95. The molecule has 2 aromatic rings. The third-order valence-corrected chi connectivity index (χ3v) is 6.70. The Kier molecular flexibility index (Phi) is 7.87. The topological polar surface area (TPSA) is 93.7 Å². The van der Waals surface area contributed by atoms with E-state index in [4.69, 9.17) is 9.47 Å². The fraction of sp³-hybridized carbons (Fsp3) is 0.381. The number of ether oxygens (including phenoxy) is 2. The molecule has 1 heterocycles. The average molecular weight is 497 g/mol. The lowest BCUT2D eigenvalue weighted by Gasteiger charge is -2.13. The molecule has 3 rings (SSSR count). The molecule has 0 aromatic heterocycles. The van der Waals surface area contributed by atoms with Crippen LogP contribution in [0.25, 0.3) is 0 Å². The third kappa shape index (κ3) is 6.04. The zero-order chi connectivity index (χ0) is 21.6. The van der Waals surface area contributed by atoms with Gasteiger partial charge in [-0.25, -0.2) is 13.1 Å². The van der Waals surface area contributed by atoms with E-state index in [1.54, 1.807) is 30.3 Å². The van der Waals surface area contributed by atoms with Crippen molar-refractivity contribution in [1.29, 1.82) is 0 Å². The molecular formula is C21H25BrN2O5S. The van der Waals surface area contributed by atoms with Crippen LogP contribution in [0.15, 0.2) is 51.8 Å². The van der Waals surface area contributed by atoms with Gasteiger partial charge in [0.15, 0.2) is 0 Å². The summed E-state index contributed by atoms with van der Waals surface area (Å²) in [6.45, 7) is 3.52. The second kappa shape index (κ2) is 10.4. The van der Waals surface area contributed by atoms with Crippen molar-refractivity contribution in [2.24, 2.45) is 0 Å². The number of carbonyl (C=O) groups excluding carboxylic acids is 1. The van der Waals surface area contributed by atoms with Gasteiger partial charge in [-0.15, -0.1) is 0 Å². The van der Waals surface area contributed by atoms with Crippen molar-refractivity contribution in [3.63, 3.8) is 0 Å². The van der Waals surface area contributed by atoms with Crippen molar-refractivity contribution in [2.75, 3.05) is 25.1 Å². The van der Waals surface area contributed by atoms with E-state index in [1.807, 2.05) is 6.92 Å². The molecule has 162 valence electrons. The average Bonchev–Trinajstić information content (AvgIpc) is 3.25. The van der Waals surface area contributed by atoms with Crippen molar-refractivity contribution >= 4 is 37.5 Å². The van der Waals surface area contributed by atoms with Gasteiger partial charge in [0.05, 0.1) is 15.5 Å². The Labute approximate surface area is 185 Å². The molecule has 1 fully saturated rings. The number of sulfonamides is 1. The summed E-state index contributed by atoms with van der Waals surface area (Å²) < 4.78 is 38.8. The Morgan fingerprint density at radius 3 is 2.63 bits per heavy atom. The van der Waals surface area contributed by atoms with Crippen LogP contribution in [0.1, 0.15) is 36.5 Å². The molecule has 0 bridgehead atoms. The van der Waals surface area contributed by atoms with Gasteiger partial charge in [-0.05, 0) is 77.7 Å². The van der Waals surface area contributed by atoms with E-state index in [9.17, 15) is 13.2 Å². The highest BCUT2D eigenvalue weighted by Crippen LogP contribution is 2.27. The van der Waals surface area contributed by atoms with Crippen molar-refractivity contribution in [1.82, 2.24) is 4.72 Å². The van der Waals surface area contributed by atoms with E-state index in [0.717, 1.165) is 19.4 Å². The van der Waals surface area contributed by atoms with E-state index in [-0.39, 0.29) is 16.9 Å². The Morgan fingerprint density at radius 2 is 2.00 bits per heavy atom. The van der Waals surface area contributed by atoms with Crippen molar-refractivity contribution < 1.29 is 22.7 Å². The number of hydrogen-bond acceptors (Lipinski definition) is 5. The maximum Gasteiger partial charge on any atom is 0.255 e. The first-order chi connectivity index (χ1) is 14.4. The molecule has 30 heavy (non-hydrogen) atoms. The number of benzene rings is 2. The third-order valence-electron chi connectivity index (χ3n) is 4.61. The second-order valence-electron chi connectivity index (χ2n) is 6.97. The summed E-state index contributed by atoms with van der Waals surface area (Å²) in [4.78, 5) is 12.7. The Morgan fingerprint density at radius 1 is 1.23 bits per heavy atom. The minimum Gasteiger partial charge on any atom is -0.490 e. The SMILES string of the molecule is CCCNS(=O)(=O)c1ccc(NC(=O)c2ccc(OCC3CCCO3)c(Br)c2)cc1. The summed E-state index contributed by atoms with van der Waals surface area (Å²) in [6, 6.07) is 11.2. The molecule has 2 N–H and O–H groups in total. The first kappa shape index (κ1) is 22.7. The van der Waals surface area contributed by atoms with Gasteiger partial charge in [0, 0.05) is 24.4 Å². The highest BCUT2D eigenvalue weighted by molar-refractivity contribution is 9.10. The van der Waals surface area contributed by atoms with Crippen LogP contribution in [-0.2, 0) is 14.8 Å². The molecule has 9 heteroatoms. The molecular weight excluding hydrogens is 472 g/mol. The van der Waals surface area contributed by atoms with Crippen molar-refractivity contribution in [3.8, 4) is 5.75 Å². The number of anilines is 1. The molecule has 0 spiro atoms. The highest BCUT2D eigenvalue weighted by atomic mass is 79.9. The molecule has 0 radical (unpaired) electrons. The van der Waals surface area contributed by atoms with Gasteiger partial charge >= 0.3 is 0 Å². The van der Waals surface area contributed by atoms with Crippen LogP contribution in [0.2, 0.25) is 0 Å². The summed E-state index contributed by atoms with van der Waals surface area (Å²) in [6.07, 6.45) is 2.87. The predicted molar refractivity (Wildman–Crippen MR) is 118 cm³/mol. The van der Waals surface area contributed by atoms with Crippen LogP contribution >= 0.6 is 15.9 Å². The van der Waals surface area contributed by atoms with Crippen LogP contribution in [0.3, 0.4) is 0 Å². The van der Waals surface area contributed by atoms with Gasteiger partial charge in [-0.1, -0.05) is 6.92 Å². The van der Waals surface area contributed by atoms with Crippen LogP contribution in [0.5, 0.6) is 5.75 Å². The maximum absolute atomic E-state index is 12.5. The largest absolute Gasteiger partial charge is 0.490 e. The fourth-order valence-corrected chi connectivity index (χ4v) is 4.59. The van der Waals surface area contributed by atoms with Crippen LogP contribution in [0, 0.1) is 0 Å². The molecule has 1 unspecified atom stereocenters. The molecule has 1 atom stereocenters.